The fraction of sp³-hybridized carbons (Fsp3) is 0.211. The Balaban J connectivity index is 1.65. The van der Waals surface area contributed by atoms with E-state index in [0.717, 1.165) is 16.0 Å². The van der Waals surface area contributed by atoms with E-state index in [1.807, 2.05) is 32.0 Å². The molecule has 0 aromatic heterocycles. The van der Waals surface area contributed by atoms with Gasteiger partial charge in [0.2, 0.25) is 5.91 Å². The summed E-state index contributed by atoms with van der Waals surface area (Å²) in [5.74, 6) is -1.06. The lowest BCUT2D eigenvalue weighted by Gasteiger charge is -2.14. The number of halogens is 1. The van der Waals surface area contributed by atoms with Crippen LogP contribution >= 0.6 is 11.6 Å². The minimum absolute atomic E-state index is 0.0284. The summed E-state index contributed by atoms with van der Waals surface area (Å²) in [5, 5.41) is 3.20. The van der Waals surface area contributed by atoms with E-state index in [-0.39, 0.29) is 24.4 Å². The number of hydrogen-bond acceptors (Lipinski definition) is 3. The summed E-state index contributed by atoms with van der Waals surface area (Å²) in [4.78, 5) is 37.9. The molecule has 0 atom stereocenters. The molecule has 0 spiro atoms. The Morgan fingerprint density at radius 1 is 1.00 bits per heavy atom. The second-order valence-electron chi connectivity index (χ2n) is 6.13. The molecule has 2 aromatic rings. The highest BCUT2D eigenvalue weighted by Crippen LogP contribution is 2.26. The van der Waals surface area contributed by atoms with Crippen molar-refractivity contribution in [3.8, 4) is 0 Å². The van der Waals surface area contributed by atoms with Crippen LogP contribution in [0.5, 0.6) is 0 Å². The molecular formula is C19H17ClN2O3. The number of nitrogens with zero attached hydrogens (tertiary/aromatic N) is 1. The van der Waals surface area contributed by atoms with Crippen LogP contribution in [-0.2, 0) is 4.79 Å². The molecular weight excluding hydrogens is 340 g/mol. The van der Waals surface area contributed by atoms with Gasteiger partial charge < -0.3 is 5.32 Å². The monoisotopic (exact) mass is 356 g/mol. The van der Waals surface area contributed by atoms with Crippen molar-refractivity contribution >= 4 is 35.0 Å². The van der Waals surface area contributed by atoms with Gasteiger partial charge >= 0.3 is 0 Å². The molecule has 0 radical (unpaired) electrons. The van der Waals surface area contributed by atoms with Gasteiger partial charge in [-0.15, -0.1) is 0 Å². The highest BCUT2D eigenvalue weighted by atomic mass is 35.5. The smallest absolute Gasteiger partial charge is 0.261 e. The van der Waals surface area contributed by atoms with Gasteiger partial charge in [-0.3, -0.25) is 19.3 Å². The van der Waals surface area contributed by atoms with Crippen molar-refractivity contribution in [1.29, 1.82) is 0 Å². The number of anilines is 1. The Bertz CT molecular complexity index is 872. The van der Waals surface area contributed by atoms with Gasteiger partial charge in [0.1, 0.15) is 0 Å². The average molecular weight is 357 g/mol. The van der Waals surface area contributed by atoms with Crippen molar-refractivity contribution in [2.24, 2.45) is 0 Å². The Morgan fingerprint density at radius 2 is 1.64 bits per heavy atom. The van der Waals surface area contributed by atoms with Gasteiger partial charge in [0.05, 0.1) is 11.1 Å². The highest BCUT2D eigenvalue weighted by molar-refractivity contribution is 6.32. The van der Waals surface area contributed by atoms with E-state index in [2.05, 4.69) is 5.32 Å². The van der Waals surface area contributed by atoms with Crippen LogP contribution in [0.25, 0.3) is 0 Å². The van der Waals surface area contributed by atoms with Crippen molar-refractivity contribution < 1.29 is 14.4 Å². The molecule has 128 valence electrons. The molecule has 0 aliphatic carbocycles. The van der Waals surface area contributed by atoms with Gasteiger partial charge in [-0.05, 0) is 55.3 Å². The summed E-state index contributed by atoms with van der Waals surface area (Å²) >= 11 is 5.88. The number of imide groups is 1. The predicted octanol–water partition coefficient (Wildman–Crippen LogP) is 3.58. The first-order valence-corrected chi connectivity index (χ1v) is 8.27. The molecule has 25 heavy (non-hydrogen) atoms. The van der Waals surface area contributed by atoms with Gasteiger partial charge in [0, 0.05) is 23.7 Å². The average Bonchev–Trinajstić information content (AvgIpc) is 2.75. The SMILES string of the molecule is Cc1cc(C)cc(NC(=O)CCN2C(=O)c3ccc(Cl)cc3C2=O)c1. The van der Waals surface area contributed by atoms with E-state index in [4.69, 9.17) is 11.6 Å². The standard InChI is InChI=1S/C19H17ClN2O3/c1-11-7-12(2)9-14(8-11)21-17(23)5-6-22-18(24)15-4-3-13(20)10-16(15)19(22)25/h3-4,7-10H,5-6H2,1-2H3,(H,21,23). The molecule has 1 heterocycles. The van der Waals surface area contributed by atoms with E-state index in [0.29, 0.717) is 16.3 Å². The number of aryl methyl sites for hydroxylation is 2. The van der Waals surface area contributed by atoms with Gasteiger partial charge in [-0.2, -0.15) is 0 Å². The molecule has 0 saturated heterocycles. The molecule has 0 saturated carbocycles. The lowest BCUT2D eigenvalue weighted by atomic mass is 10.1. The molecule has 0 bridgehead atoms. The van der Waals surface area contributed by atoms with Crippen LogP contribution in [0.1, 0.15) is 38.3 Å². The van der Waals surface area contributed by atoms with Gasteiger partial charge in [-0.25, -0.2) is 0 Å². The third-order valence-electron chi connectivity index (χ3n) is 4.00. The molecule has 2 aromatic carbocycles. The lowest BCUT2D eigenvalue weighted by Crippen LogP contribution is -2.32. The molecule has 1 aliphatic rings. The van der Waals surface area contributed by atoms with Crippen molar-refractivity contribution in [2.75, 3.05) is 11.9 Å². The Kier molecular flexibility index (Phi) is 4.59. The van der Waals surface area contributed by atoms with Crippen LogP contribution in [0.4, 0.5) is 5.69 Å². The number of carbonyl (C=O) groups excluding carboxylic acids is 3. The normalized spacial score (nSPS) is 13.2. The van der Waals surface area contributed by atoms with Crippen LogP contribution in [0.2, 0.25) is 5.02 Å². The first-order valence-electron chi connectivity index (χ1n) is 7.89. The fourth-order valence-corrected chi connectivity index (χ4v) is 3.12. The summed E-state index contributed by atoms with van der Waals surface area (Å²) in [6, 6.07) is 10.3. The number of benzene rings is 2. The predicted molar refractivity (Wildman–Crippen MR) is 96.0 cm³/mol. The first kappa shape index (κ1) is 17.2. The van der Waals surface area contributed by atoms with Gasteiger partial charge in [-0.1, -0.05) is 17.7 Å². The van der Waals surface area contributed by atoms with Crippen molar-refractivity contribution in [3.05, 3.63) is 63.7 Å². The van der Waals surface area contributed by atoms with Crippen molar-refractivity contribution in [3.63, 3.8) is 0 Å². The Morgan fingerprint density at radius 3 is 2.32 bits per heavy atom. The van der Waals surface area contributed by atoms with Crippen LogP contribution in [-0.4, -0.2) is 29.2 Å². The quantitative estimate of drug-likeness (QED) is 0.851. The summed E-state index contributed by atoms with van der Waals surface area (Å²) in [7, 11) is 0. The van der Waals surface area contributed by atoms with E-state index >= 15 is 0 Å². The molecule has 6 heteroatoms. The maximum absolute atomic E-state index is 12.3. The third-order valence-corrected chi connectivity index (χ3v) is 4.24. The maximum Gasteiger partial charge on any atom is 0.261 e. The zero-order chi connectivity index (χ0) is 18.1. The second-order valence-corrected chi connectivity index (χ2v) is 6.56. The summed E-state index contributed by atoms with van der Waals surface area (Å²) in [6.07, 6.45) is 0.0339. The molecule has 3 rings (SSSR count). The van der Waals surface area contributed by atoms with E-state index in [1.165, 1.54) is 12.1 Å². The number of nitrogens with one attached hydrogen (secondary N) is 1. The second kappa shape index (κ2) is 6.69. The van der Waals surface area contributed by atoms with Crippen LogP contribution in [0, 0.1) is 13.8 Å². The zero-order valence-electron chi connectivity index (χ0n) is 13.9. The first-order chi connectivity index (χ1) is 11.8. The number of hydrogen-bond donors (Lipinski definition) is 1. The fourth-order valence-electron chi connectivity index (χ4n) is 2.95. The Labute approximate surface area is 150 Å². The maximum atomic E-state index is 12.3. The minimum Gasteiger partial charge on any atom is -0.326 e. The highest BCUT2D eigenvalue weighted by Gasteiger charge is 2.35. The van der Waals surface area contributed by atoms with Crippen LogP contribution in [0.15, 0.2) is 36.4 Å². The number of amides is 3. The van der Waals surface area contributed by atoms with Crippen LogP contribution < -0.4 is 5.32 Å². The zero-order valence-corrected chi connectivity index (χ0v) is 14.7. The molecule has 1 N–H and O–H groups in total. The summed E-state index contributed by atoms with van der Waals surface area (Å²) in [5.41, 5.74) is 3.41. The molecule has 3 amide bonds. The topological polar surface area (TPSA) is 66.5 Å². The van der Waals surface area contributed by atoms with Crippen molar-refractivity contribution in [1.82, 2.24) is 4.90 Å². The van der Waals surface area contributed by atoms with Crippen LogP contribution in [0.3, 0.4) is 0 Å². The van der Waals surface area contributed by atoms with Gasteiger partial charge in [0.25, 0.3) is 11.8 Å². The molecule has 5 nitrogen and oxygen atoms in total. The number of rotatable bonds is 4. The van der Waals surface area contributed by atoms with E-state index in [1.54, 1.807) is 6.07 Å². The van der Waals surface area contributed by atoms with Gasteiger partial charge in [0.15, 0.2) is 0 Å². The number of fused-ring (bicyclic) bond motifs is 1. The largest absolute Gasteiger partial charge is 0.326 e. The molecule has 0 unspecified atom stereocenters. The number of carbonyl (C=O) groups is 3. The Hall–Kier alpha value is -2.66. The summed E-state index contributed by atoms with van der Waals surface area (Å²) < 4.78 is 0. The molecule has 1 aliphatic heterocycles. The lowest BCUT2D eigenvalue weighted by molar-refractivity contribution is -0.116. The minimum atomic E-state index is -0.415. The third kappa shape index (κ3) is 3.56. The van der Waals surface area contributed by atoms with E-state index in [9.17, 15) is 14.4 Å². The molecule has 0 fully saturated rings. The van der Waals surface area contributed by atoms with E-state index < -0.39 is 11.8 Å². The van der Waals surface area contributed by atoms with Crippen molar-refractivity contribution in [2.45, 2.75) is 20.3 Å². The summed E-state index contributed by atoms with van der Waals surface area (Å²) in [6.45, 7) is 3.93.